The molecule has 0 aliphatic heterocycles. The van der Waals surface area contributed by atoms with Gasteiger partial charge in [0.05, 0.1) is 0 Å². The highest BCUT2D eigenvalue weighted by Gasteiger charge is 2.56. The molecular formula is C18H29NO3. The number of likely N-dealkylation sites (N-methyl/N-ethyl adjacent to an activating group) is 1. The first-order valence-corrected chi connectivity index (χ1v) is 8.07. The lowest BCUT2D eigenvalue weighted by atomic mass is 9.47. The topological polar surface area (TPSA) is 46.6 Å². The fourth-order valence-corrected chi connectivity index (χ4v) is 3.78. The maximum absolute atomic E-state index is 12.4. The van der Waals surface area contributed by atoms with Crippen LogP contribution in [0.15, 0.2) is 11.6 Å². The molecule has 2 bridgehead atoms. The molecule has 124 valence electrons. The molecule has 1 amide bonds. The Morgan fingerprint density at radius 1 is 1.36 bits per heavy atom. The molecule has 3 rings (SSSR count). The third-order valence-electron chi connectivity index (χ3n) is 5.65. The monoisotopic (exact) mass is 307 g/mol. The van der Waals surface area contributed by atoms with Crippen molar-refractivity contribution in [2.24, 2.45) is 17.3 Å². The van der Waals surface area contributed by atoms with E-state index >= 15 is 0 Å². The fraction of sp³-hybridized carbons (Fsp3) is 0.778. The summed E-state index contributed by atoms with van der Waals surface area (Å²) in [5.41, 5.74) is -0.223. The smallest absolute Gasteiger partial charge is 0.411 e. The molecule has 4 nitrogen and oxygen atoms in total. The number of rotatable bonds is 3. The van der Waals surface area contributed by atoms with Crippen LogP contribution in [-0.2, 0) is 9.53 Å². The number of allylic oxidation sites excluding steroid dienone is 1. The van der Waals surface area contributed by atoms with E-state index in [1.165, 1.54) is 4.90 Å². The predicted octanol–water partition coefficient (Wildman–Crippen LogP) is 3.80. The molecule has 0 aromatic rings. The van der Waals surface area contributed by atoms with Gasteiger partial charge in [-0.2, -0.15) is 0 Å². The molecule has 4 heteroatoms. The van der Waals surface area contributed by atoms with E-state index in [-0.39, 0.29) is 5.41 Å². The lowest BCUT2D eigenvalue weighted by molar-refractivity contribution is -0.117. The molecule has 0 radical (unpaired) electrons. The van der Waals surface area contributed by atoms with E-state index in [4.69, 9.17) is 4.74 Å². The summed E-state index contributed by atoms with van der Waals surface area (Å²) in [6.07, 6.45) is 4.70. The first-order chi connectivity index (χ1) is 9.93. The number of amides is 1. The lowest BCUT2D eigenvalue weighted by Crippen LogP contribution is -2.59. The minimum atomic E-state index is -0.935. The van der Waals surface area contributed by atoms with Crippen molar-refractivity contribution < 1.29 is 14.3 Å². The first kappa shape index (κ1) is 17.0. The van der Waals surface area contributed by atoms with E-state index in [0.29, 0.717) is 11.8 Å². The molecule has 3 unspecified atom stereocenters. The zero-order valence-corrected chi connectivity index (χ0v) is 14.9. The largest absolute Gasteiger partial charge is 0.444 e. The van der Waals surface area contributed by atoms with E-state index in [2.05, 4.69) is 19.9 Å². The van der Waals surface area contributed by atoms with Crippen LogP contribution in [0.3, 0.4) is 0 Å². The number of fused-ring (bicyclic) bond motifs is 1. The summed E-state index contributed by atoms with van der Waals surface area (Å²) in [5.74, 6) is 1.07. The van der Waals surface area contributed by atoms with Crippen LogP contribution in [0.2, 0.25) is 0 Å². The van der Waals surface area contributed by atoms with Crippen molar-refractivity contribution >= 4 is 12.4 Å². The summed E-state index contributed by atoms with van der Waals surface area (Å²) in [6, 6.07) is 0. The van der Waals surface area contributed by atoms with Gasteiger partial charge < -0.3 is 9.53 Å². The maximum atomic E-state index is 12.4. The van der Waals surface area contributed by atoms with Gasteiger partial charge in [0.2, 0.25) is 0 Å². The van der Waals surface area contributed by atoms with Crippen LogP contribution < -0.4 is 0 Å². The Balaban J connectivity index is 2.27. The van der Waals surface area contributed by atoms with Gasteiger partial charge in [-0.25, -0.2) is 4.79 Å². The van der Waals surface area contributed by atoms with E-state index < -0.39 is 17.2 Å². The summed E-state index contributed by atoms with van der Waals surface area (Å²) in [5, 5.41) is 0. The second-order valence-corrected chi connectivity index (χ2v) is 8.51. The third kappa shape index (κ3) is 2.57. The van der Waals surface area contributed by atoms with Crippen molar-refractivity contribution in [3.63, 3.8) is 0 Å². The fourth-order valence-electron chi connectivity index (χ4n) is 3.78. The van der Waals surface area contributed by atoms with Gasteiger partial charge in [0.1, 0.15) is 17.4 Å². The number of aldehydes is 1. The van der Waals surface area contributed by atoms with Gasteiger partial charge >= 0.3 is 6.09 Å². The highest BCUT2D eigenvalue weighted by Crippen LogP contribution is 2.61. The van der Waals surface area contributed by atoms with Crippen molar-refractivity contribution in [3.05, 3.63) is 11.6 Å². The second-order valence-electron chi connectivity index (χ2n) is 8.51. The van der Waals surface area contributed by atoms with Crippen LogP contribution in [0.25, 0.3) is 0 Å². The molecular weight excluding hydrogens is 278 g/mol. The predicted molar refractivity (Wildman–Crippen MR) is 86.5 cm³/mol. The number of nitrogens with zero attached hydrogens (tertiary/aromatic N) is 1. The molecule has 0 N–H and O–H groups in total. The van der Waals surface area contributed by atoms with Crippen LogP contribution in [0, 0.1) is 17.3 Å². The summed E-state index contributed by atoms with van der Waals surface area (Å²) >= 11 is 0. The molecule has 0 aromatic carbocycles. The van der Waals surface area contributed by atoms with Crippen molar-refractivity contribution in [2.45, 2.75) is 65.5 Å². The zero-order valence-electron chi connectivity index (χ0n) is 14.9. The van der Waals surface area contributed by atoms with Crippen LogP contribution >= 0.6 is 0 Å². The van der Waals surface area contributed by atoms with Gasteiger partial charge in [-0.15, -0.1) is 0 Å². The summed E-state index contributed by atoms with van der Waals surface area (Å²) in [4.78, 5) is 25.8. The Kier molecular flexibility index (Phi) is 3.95. The summed E-state index contributed by atoms with van der Waals surface area (Å²) in [6.45, 7) is 11.8. The number of hydrogen-bond acceptors (Lipinski definition) is 3. The number of ether oxygens (including phenoxy) is 1. The summed E-state index contributed by atoms with van der Waals surface area (Å²) in [7, 11) is 1.65. The third-order valence-corrected chi connectivity index (χ3v) is 5.65. The van der Waals surface area contributed by atoms with Crippen molar-refractivity contribution in [2.75, 3.05) is 7.05 Å². The molecule has 3 aliphatic carbocycles. The normalized spacial score (nSPS) is 28.8. The Bertz CT molecular complexity index is 515. The Hall–Kier alpha value is -1.32. The minimum Gasteiger partial charge on any atom is -0.444 e. The molecule has 0 spiro atoms. The van der Waals surface area contributed by atoms with Crippen LogP contribution in [-0.4, -0.2) is 35.5 Å². The zero-order chi connectivity index (χ0) is 16.9. The van der Waals surface area contributed by atoms with Gasteiger partial charge in [-0.05, 0) is 63.4 Å². The minimum absolute atomic E-state index is 0.211. The highest BCUT2D eigenvalue weighted by molar-refractivity contribution is 5.80. The van der Waals surface area contributed by atoms with Crippen molar-refractivity contribution in [1.82, 2.24) is 4.90 Å². The Labute approximate surface area is 133 Å². The molecule has 22 heavy (non-hydrogen) atoms. The van der Waals surface area contributed by atoms with E-state index in [0.717, 1.165) is 24.7 Å². The average Bonchev–Trinajstić information content (AvgIpc) is 2.43. The lowest BCUT2D eigenvalue weighted by Gasteiger charge is -2.59. The van der Waals surface area contributed by atoms with Gasteiger partial charge in [-0.3, -0.25) is 4.90 Å². The van der Waals surface area contributed by atoms with Crippen LogP contribution in [0.4, 0.5) is 4.79 Å². The van der Waals surface area contributed by atoms with Gasteiger partial charge in [-0.1, -0.05) is 19.9 Å². The Morgan fingerprint density at radius 3 is 2.36 bits per heavy atom. The standard InChI is InChI=1S/C18H29NO3/c1-16(2,3)22-15(21)19(7)18(6,11-20)13-9-8-12-10-14(13)17(12,4)5/h9,11-12,14H,8,10H2,1-7H3. The maximum Gasteiger partial charge on any atom is 0.411 e. The van der Waals surface area contributed by atoms with E-state index in [1.807, 2.05) is 27.7 Å². The number of hydrogen-bond donors (Lipinski definition) is 0. The first-order valence-electron chi connectivity index (χ1n) is 8.07. The molecule has 1 saturated carbocycles. The molecule has 0 saturated heterocycles. The van der Waals surface area contributed by atoms with Gasteiger partial charge in [0.15, 0.2) is 0 Å². The van der Waals surface area contributed by atoms with Gasteiger partial charge in [0.25, 0.3) is 0 Å². The second kappa shape index (κ2) is 5.10. The molecule has 0 aromatic heterocycles. The van der Waals surface area contributed by atoms with E-state index in [1.54, 1.807) is 7.05 Å². The van der Waals surface area contributed by atoms with Crippen molar-refractivity contribution in [1.29, 1.82) is 0 Å². The van der Waals surface area contributed by atoms with Gasteiger partial charge in [0, 0.05) is 7.05 Å². The van der Waals surface area contributed by atoms with Crippen LogP contribution in [0.5, 0.6) is 0 Å². The molecule has 3 atom stereocenters. The Morgan fingerprint density at radius 2 is 1.95 bits per heavy atom. The summed E-state index contributed by atoms with van der Waals surface area (Å²) < 4.78 is 5.44. The van der Waals surface area contributed by atoms with Crippen LogP contribution in [0.1, 0.15) is 54.4 Å². The highest BCUT2D eigenvalue weighted by atomic mass is 16.6. The van der Waals surface area contributed by atoms with Crippen molar-refractivity contribution in [3.8, 4) is 0 Å². The number of carbonyl (C=O) groups excluding carboxylic acids is 2. The van der Waals surface area contributed by atoms with E-state index in [9.17, 15) is 9.59 Å². The number of carbonyl (C=O) groups is 2. The molecule has 0 heterocycles. The quantitative estimate of drug-likeness (QED) is 0.588. The SMILES string of the molecule is CN(C(=O)OC(C)(C)C)C(C)(C=O)C1=CCC2CC1C2(C)C. The molecule has 1 fully saturated rings. The average molecular weight is 307 g/mol. The molecule has 3 aliphatic rings.